The molecule has 0 bridgehead atoms. The van der Waals surface area contributed by atoms with Crippen LogP contribution >= 0.6 is 11.3 Å². The normalized spacial score (nSPS) is 14.7. The zero-order chi connectivity index (χ0) is 23.1. The van der Waals surface area contributed by atoms with Crippen molar-refractivity contribution in [2.45, 2.75) is 20.3 Å². The highest BCUT2D eigenvalue weighted by atomic mass is 32.1. The Morgan fingerprint density at radius 1 is 0.970 bits per heavy atom. The van der Waals surface area contributed by atoms with Gasteiger partial charge in [0.05, 0.1) is 16.1 Å². The number of carbonyl (C=O) groups is 1. The van der Waals surface area contributed by atoms with Crippen LogP contribution in [0.4, 0.5) is 13.9 Å². The molecule has 0 aliphatic carbocycles. The summed E-state index contributed by atoms with van der Waals surface area (Å²) in [7, 11) is 0. The molecule has 1 aliphatic heterocycles. The topological polar surface area (TPSA) is 54.3 Å². The third kappa shape index (κ3) is 4.08. The molecule has 0 unspecified atom stereocenters. The second-order valence-electron chi connectivity index (χ2n) is 8.24. The van der Waals surface area contributed by atoms with Gasteiger partial charge < -0.3 is 9.80 Å². The summed E-state index contributed by atoms with van der Waals surface area (Å²) in [4.78, 5) is 21.6. The number of nitrogens with zero attached hydrogens (tertiary/aromatic N) is 5. The number of aromatic nitrogens is 3. The Morgan fingerprint density at radius 3 is 2.52 bits per heavy atom. The Kier molecular flexibility index (Phi) is 5.57. The van der Waals surface area contributed by atoms with Crippen LogP contribution in [-0.4, -0.2) is 51.8 Å². The van der Waals surface area contributed by atoms with Gasteiger partial charge in [0.2, 0.25) is 0 Å². The lowest BCUT2D eigenvalue weighted by Crippen LogP contribution is -2.35. The van der Waals surface area contributed by atoms with Crippen molar-refractivity contribution in [1.82, 2.24) is 19.7 Å². The van der Waals surface area contributed by atoms with E-state index >= 15 is 0 Å². The number of aryl methyl sites for hydroxylation is 2. The fourth-order valence-electron chi connectivity index (χ4n) is 4.05. The van der Waals surface area contributed by atoms with Gasteiger partial charge in [0.1, 0.15) is 0 Å². The van der Waals surface area contributed by atoms with Gasteiger partial charge >= 0.3 is 0 Å². The van der Waals surface area contributed by atoms with Crippen molar-refractivity contribution < 1.29 is 13.6 Å². The fraction of sp³-hybridized carbons (Fsp3) is 0.292. The average molecular weight is 468 g/mol. The predicted molar refractivity (Wildman–Crippen MR) is 125 cm³/mol. The van der Waals surface area contributed by atoms with Crippen LogP contribution in [0, 0.1) is 25.5 Å². The van der Waals surface area contributed by atoms with Crippen LogP contribution in [0.1, 0.15) is 28.0 Å². The van der Waals surface area contributed by atoms with Gasteiger partial charge in [-0.15, -0.1) is 0 Å². The number of anilines is 1. The van der Waals surface area contributed by atoms with Crippen LogP contribution < -0.4 is 4.90 Å². The van der Waals surface area contributed by atoms with Crippen LogP contribution in [0.3, 0.4) is 0 Å². The molecule has 5 rings (SSSR count). The molecule has 9 heteroatoms. The monoisotopic (exact) mass is 467 g/mol. The molecule has 0 radical (unpaired) electrons. The molecule has 0 spiro atoms. The zero-order valence-electron chi connectivity index (χ0n) is 18.4. The number of rotatable bonds is 3. The highest BCUT2D eigenvalue weighted by molar-refractivity contribution is 7.22. The van der Waals surface area contributed by atoms with Gasteiger partial charge in [0.25, 0.3) is 5.91 Å². The van der Waals surface area contributed by atoms with Gasteiger partial charge in [-0.3, -0.25) is 4.79 Å². The van der Waals surface area contributed by atoms with E-state index in [2.05, 4.69) is 29.1 Å². The molecule has 4 aromatic rings. The maximum atomic E-state index is 13.6. The summed E-state index contributed by atoms with van der Waals surface area (Å²) >= 11 is 1.60. The van der Waals surface area contributed by atoms with E-state index in [1.165, 1.54) is 11.6 Å². The van der Waals surface area contributed by atoms with Crippen molar-refractivity contribution in [2.75, 3.05) is 31.1 Å². The Hall–Kier alpha value is -3.33. The maximum absolute atomic E-state index is 13.6. The first-order chi connectivity index (χ1) is 15.9. The third-order valence-corrected chi connectivity index (χ3v) is 7.09. The summed E-state index contributed by atoms with van der Waals surface area (Å²) in [5, 5.41) is 5.57. The number of fused-ring (bicyclic) bond motifs is 1. The smallest absolute Gasteiger partial charge is 0.254 e. The van der Waals surface area contributed by atoms with E-state index in [9.17, 15) is 13.6 Å². The first kappa shape index (κ1) is 21.5. The molecule has 1 aliphatic rings. The summed E-state index contributed by atoms with van der Waals surface area (Å²) in [6.07, 6.45) is 0.758. The fourth-order valence-corrected chi connectivity index (χ4v) is 5.09. The standard InChI is InChI=1S/C24H23F2N5OS/c1-15-4-7-18(8-5-15)31-22-21(16(2)28-31)33-24(27-22)30-11-3-10-29(12-13-30)23(32)17-6-9-19(25)20(26)14-17/h4-9,14H,3,10-13H2,1-2H3. The minimum atomic E-state index is -1.01. The summed E-state index contributed by atoms with van der Waals surface area (Å²) in [5.74, 6) is -2.25. The molecule has 6 nitrogen and oxygen atoms in total. The second kappa shape index (κ2) is 8.55. The van der Waals surface area contributed by atoms with E-state index in [0.29, 0.717) is 19.6 Å². The largest absolute Gasteiger partial charge is 0.346 e. The molecule has 2 aromatic carbocycles. The number of thiazole rings is 1. The van der Waals surface area contributed by atoms with E-state index in [0.717, 1.165) is 52.0 Å². The van der Waals surface area contributed by atoms with Gasteiger partial charge in [-0.1, -0.05) is 29.0 Å². The van der Waals surface area contributed by atoms with E-state index < -0.39 is 11.6 Å². The molecule has 33 heavy (non-hydrogen) atoms. The molecular weight excluding hydrogens is 444 g/mol. The Balaban J connectivity index is 1.36. The molecule has 1 amide bonds. The minimum Gasteiger partial charge on any atom is -0.346 e. The lowest BCUT2D eigenvalue weighted by molar-refractivity contribution is 0.0766. The molecule has 0 atom stereocenters. The minimum absolute atomic E-state index is 0.163. The first-order valence-corrected chi connectivity index (χ1v) is 11.6. The summed E-state index contributed by atoms with van der Waals surface area (Å²) in [6.45, 7) is 6.44. The SMILES string of the molecule is Cc1ccc(-n2nc(C)c3sc(N4CCCN(C(=O)c5ccc(F)c(F)c5)CC4)nc32)cc1. The second-order valence-corrected chi connectivity index (χ2v) is 9.22. The highest BCUT2D eigenvalue weighted by Gasteiger charge is 2.24. The number of halogens is 2. The van der Waals surface area contributed by atoms with Crippen molar-refractivity contribution in [2.24, 2.45) is 0 Å². The maximum Gasteiger partial charge on any atom is 0.254 e. The van der Waals surface area contributed by atoms with Gasteiger partial charge in [-0.2, -0.15) is 10.1 Å². The lowest BCUT2D eigenvalue weighted by atomic mass is 10.2. The van der Waals surface area contributed by atoms with Crippen molar-refractivity contribution in [3.63, 3.8) is 0 Å². The van der Waals surface area contributed by atoms with E-state index in [1.54, 1.807) is 16.2 Å². The third-order valence-electron chi connectivity index (χ3n) is 5.88. The Bertz CT molecular complexity index is 1330. The van der Waals surface area contributed by atoms with Crippen LogP contribution in [0.2, 0.25) is 0 Å². The van der Waals surface area contributed by atoms with Crippen molar-refractivity contribution in [3.05, 3.63) is 70.9 Å². The van der Waals surface area contributed by atoms with Gasteiger partial charge in [0, 0.05) is 31.7 Å². The predicted octanol–water partition coefficient (Wildman–Crippen LogP) is 4.73. The molecule has 170 valence electrons. The van der Waals surface area contributed by atoms with Gasteiger partial charge in [-0.25, -0.2) is 13.5 Å². The quantitative estimate of drug-likeness (QED) is 0.437. The molecule has 0 N–H and O–H groups in total. The Labute approximate surface area is 194 Å². The van der Waals surface area contributed by atoms with E-state index in [4.69, 9.17) is 4.98 Å². The number of amides is 1. The van der Waals surface area contributed by atoms with Gasteiger partial charge in [-0.05, 0) is 50.6 Å². The van der Waals surface area contributed by atoms with Crippen LogP contribution in [0.25, 0.3) is 16.0 Å². The van der Waals surface area contributed by atoms with Crippen molar-refractivity contribution in [3.8, 4) is 5.69 Å². The first-order valence-electron chi connectivity index (χ1n) is 10.8. The summed E-state index contributed by atoms with van der Waals surface area (Å²) < 4.78 is 29.7. The van der Waals surface area contributed by atoms with Crippen LogP contribution in [-0.2, 0) is 0 Å². The van der Waals surface area contributed by atoms with Crippen LogP contribution in [0.5, 0.6) is 0 Å². The van der Waals surface area contributed by atoms with Crippen molar-refractivity contribution >= 4 is 32.7 Å². The number of carbonyl (C=O) groups excluding carboxylic acids is 1. The number of benzene rings is 2. The average Bonchev–Trinajstić information content (AvgIpc) is 3.27. The molecule has 1 fully saturated rings. The summed E-state index contributed by atoms with van der Waals surface area (Å²) in [6, 6.07) is 11.5. The van der Waals surface area contributed by atoms with E-state index in [-0.39, 0.29) is 11.5 Å². The molecule has 1 saturated heterocycles. The number of hydrogen-bond donors (Lipinski definition) is 0. The zero-order valence-corrected chi connectivity index (χ0v) is 19.2. The molecule has 3 heterocycles. The summed E-state index contributed by atoms with van der Waals surface area (Å²) in [5.41, 5.74) is 4.07. The van der Waals surface area contributed by atoms with Crippen molar-refractivity contribution in [1.29, 1.82) is 0 Å². The van der Waals surface area contributed by atoms with Gasteiger partial charge in [0.15, 0.2) is 22.4 Å². The lowest BCUT2D eigenvalue weighted by Gasteiger charge is -2.21. The van der Waals surface area contributed by atoms with Crippen LogP contribution in [0.15, 0.2) is 42.5 Å². The Morgan fingerprint density at radius 2 is 1.76 bits per heavy atom. The molecule has 0 saturated carbocycles. The molecular formula is C24H23F2N5OS. The van der Waals surface area contributed by atoms with E-state index in [1.807, 2.05) is 23.7 Å². The number of hydrogen-bond acceptors (Lipinski definition) is 5. The highest BCUT2D eigenvalue weighted by Crippen LogP contribution is 2.33. The molecule has 2 aromatic heterocycles.